The van der Waals surface area contributed by atoms with Crippen LogP contribution in [0.25, 0.3) is 0 Å². The first-order chi connectivity index (χ1) is 9.59. The molecule has 3 nitrogen and oxygen atoms in total. The van der Waals surface area contributed by atoms with E-state index in [1.807, 2.05) is 6.20 Å². The van der Waals surface area contributed by atoms with Crippen molar-refractivity contribution in [3.8, 4) is 0 Å². The van der Waals surface area contributed by atoms with Crippen molar-refractivity contribution in [1.29, 1.82) is 0 Å². The van der Waals surface area contributed by atoms with E-state index in [2.05, 4.69) is 29.8 Å². The van der Waals surface area contributed by atoms with Crippen molar-refractivity contribution in [2.45, 2.75) is 78.3 Å². The van der Waals surface area contributed by atoms with Crippen LogP contribution in [0.4, 0.5) is 0 Å². The second-order valence-corrected chi connectivity index (χ2v) is 7.30. The summed E-state index contributed by atoms with van der Waals surface area (Å²) in [6, 6.07) is 0. The molecule has 0 saturated heterocycles. The lowest BCUT2D eigenvalue weighted by molar-refractivity contribution is 0.232. The van der Waals surface area contributed by atoms with E-state index in [0.717, 1.165) is 18.0 Å². The van der Waals surface area contributed by atoms with Crippen LogP contribution in [0.15, 0.2) is 12.4 Å². The molecule has 20 heavy (non-hydrogen) atoms. The van der Waals surface area contributed by atoms with Gasteiger partial charge in [-0.05, 0) is 37.0 Å². The first-order valence-electron chi connectivity index (χ1n) is 8.30. The van der Waals surface area contributed by atoms with Crippen molar-refractivity contribution >= 4 is 0 Å². The number of hydrogen-bond acceptors (Lipinski definition) is 2. The Kier molecular flexibility index (Phi) is 5.64. The number of nitrogens with two attached hydrogens (primary N) is 1. The molecule has 0 bridgehead atoms. The predicted octanol–water partition coefficient (Wildman–Crippen LogP) is 4.12. The highest BCUT2D eigenvalue weighted by molar-refractivity contribution is 5.02. The molecule has 1 fully saturated rings. The van der Waals surface area contributed by atoms with Crippen molar-refractivity contribution in [3.05, 3.63) is 18.0 Å². The summed E-state index contributed by atoms with van der Waals surface area (Å²) in [5, 5.41) is 4.45. The molecule has 2 N–H and O–H groups in total. The summed E-state index contributed by atoms with van der Waals surface area (Å²) in [6.07, 6.45) is 15.1. The van der Waals surface area contributed by atoms with Crippen LogP contribution in [0.2, 0.25) is 0 Å². The molecule has 2 rings (SSSR count). The van der Waals surface area contributed by atoms with E-state index in [1.54, 1.807) is 0 Å². The molecule has 0 aromatic carbocycles. The number of rotatable bonds is 3. The fraction of sp³-hybridized carbons (Fsp3) is 0.824. The zero-order valence-electron chi connectivity index (χ0n) is 13.3. The third-order valence-corrected chi connectivity index (χ3v) is 4.81. The lowest BCUT2D eigenvalue weighted by Crippen LogP contribution is -2.18. The summed E-state index contributed by atoms with van der Waals surface area (Å²) in [5.74, 6) is 0.776. The average Bonchev–Trinajstić information content (AvgIpc) is 2.87. The van der Waals surface area contributed by atoms with Gasteiger partial charge in [-0.2, -0.15) is 5.10 Å². The van der Waals surface area contributed by atoms with Gasteiger partial charge in [0.25, 0.3) is 0 Å². The second-order valence-electron chi connectivity index (χ2n) is 7.30. The zero-order chi connectivity index (χ0) is 14.4. The highest BCUT2D eigenvalue weighted by atomic mass is 15.3. The minimum atomic E-state index is 0.516. The van der Waals surface area contributed by atoms with Crippen LogP contribution < -0.4 is 5.73 Å². The molecule has 0 radical (unpaired) electrons. The molecule has 1 aliphatic rings. The Morgan fingerprint density at radius 1 is 1.20 bits per heavy atom. The van der Waals surface area contributed by atoms with Gasteiger partial charge in [0.1, 0.15) is 0 Å². The number of nitrogens with zero attached hydrogens (tertiary/aromatic N) is 2. The third kappa shape index (κ3) is 4.93. The molecule has 0 spiro atoms. The molecule has 1 saturated carbocycles. The van der Waals surface area contributed by atoms with Crippen LogP contribution in [0.5, 0.6) is 0 Å². The van der Waals surface area contributed by atoms with E-state index in [-0.39, 0.29) is 0 Å². The molecule has 0 amide bonds. The van der Waals surface area contributed by atoms with E-state index in [0.29, 0.717) is 12.0 Å². The van der Waals surface area contributed by atoms with Crippen LogP contribution >= 0.6 is 0 Å². The summed E-state index contributed by atoms with van der Waals surface area (Å²) in [7, 11) is 0. The lowest BCUT2D eigenvalue weighted by atomic mass is 9.78. The molecule has 1 aliphatic carbocycles. The molecular formula is C17H31N3. The quantitative estimate of drug-likeness (QED) is 0.903. The Hall–Kier alpha value is -0.830. The van der Waals surface area contributed by atoms with Gasteiger partial charge in [0, 0.05) is 24.8 Å². The summed E-state index contributed by atoms with van der Waals surface area (Å²) < 4.78 is 2.10. The van der Waals surface area contributed by atoms with E-state index >= 15 is 0 Å². The van der Waals surface area contributed by atoms with Crippen LogP contribution in [0.3, 0.4) is 0 Å². The van der Waals surface area contributed by atoms with Crippen molar-refractivity contribution in [2.75, 3.05) is 0 Å². The van der Waals surface area contributed by atoms with E-state index in [9.17, 15) is 0 Å². The summed E-state index contributed by atoms with van der Waals surface area (Å²) in [6.45, 7) is 6.53. The highest BCUT2D eigenvalue weighted by Crippen LogP contribution is 2.34. The average molecular weight is 277 g/mol. The van der Waals surface area contributed by atoms with E-state index in [1.165, 1.54) is 51.4 Å². The van der Waals surface area contributed by atoms with Crippen molar-refractivity contribution in [2.24, 2.45) is 17.1 Å². The first kappa shape index (κ1) is 15.6. The predicted molar refractivity (Wildman–Crippen MR) is 84.3 cm³/mol. The fourth-order valence-electron chi connectivity index (χ4n) is 3.31. The molecular weight excluding hydrogens is 246 g/mol. The van der Waals surface area contributed by atoms with Crippen LogP contribution in [-0.2, 0) is 13.1 Å². The van der Waals surface area contributed by atoms with Gasteiger partial charge in [-0.1, -0.05) is 39.5 Å². The Bertz CT molecular complexity index is 395. The summed E-state index contributed by atoms with van der Waals surface area (Å²) in [4.78, 5) is 0. The number of aromatic nitrogens is 2. The topological polar surface area (TPSA) is 43.8 Å². The largest absolute Gasteiger partial charge is 0.326 e. The molecule has 1 unspecified atom stereocenters. The summed E-state index contributed by atoms with van der Waals surface area (Å²) >= 11 is 0. The van der Waals surface area contributed by atoms with Gasteiger partial charge in [0.15, 0.2) is 0 Å². The molecule has 0 aliphatic heterocycles. The van der Waals surface area contributed by atoms with Crippen molar-refractivity contribution in [3.63, 3.8) is 0 Å². The fourth-order valence-corrected chi connectivity index (χ4v) is 3.31. The highest BCUT2D eigenvalue weighted by Gasteiger charge is 2.21. The third-order valence-electron chi connectivity index (χ3n) is 4.81. The van der Waals surface area contributed by atoms with Gasteiger partial charge in [0.05, 0.1) is 6.20 Å². The summed E-state index contributed by atoms with van der Waals surface area (Å²) in [5.41, 5.74) is 7.32. The first-order valence-corrected chi connectivity index (χ1v) is 8.30. The van der Waals surface area contributed by atoms with Gasteiger partial charge in [0.2, 0.25) is 0 Å². The Morgan fingerprint density at radius 2 is 2.00 bits per heavy atom. The Labute approximate surface area is 123 Å². The Balaban J connectivity index is 1.93. The van der Waals surface area contributed by atoms with Crippen LogP contribution in [0, 0.1) is 11.3 Å². The van der Waals surface area contributed by atoms with Crippen molar-refractivity contribution < 1.29 is 0 Å². The van der Waals surface area contributed by atoms with Gasteiger partial charge < -0.3 is 5.73 Å². The molecule has 1 aromatic heterocycles. The van der Waals surface area contributed by atoms with Crippen LogP contribution in [-0.4, -0.2) is 9.78 Å². The van der Waals surface area contributed by atoms with Gasteiger partial charge >= 0.3 is 0 Å². The Morgan fingerprint density at radius 3 is 2.75 bits per heavy atom. The molecule has 1 aromatic rings. The smallest absolute Gasteiger partial charge is 0.0534 e. The molecule has 1 atom stereocenters. The van der Waals surface area contributed by atoms with Gasteiger partial charge in [-0.25, -0.2) is 0 Å². The minimum Gasteiger partial charge on any atom is -0.326 e. The van der Waals surface area contributed by atoms with Crippen molar-refractivity contribution in [1.82, 2.24) is 9.78 Å². The lowest BCUT2D eigenvalue weighted by Gasteiger charge is -2.28. The second kappa shape index (κ2) is 7.26. The van der Waals surface area contributed by atoms with E-state index < -0.39 is 0 Å². The molecule has 1 heterocycles. The van der Waals surface area contributed by atoms with Gasteiger partial charge in [-0.3, -0.25) is 4.68 Å². The standard InChI is InChI=1S/C17H31N3/c1-17(2)9-6-4-3-5-7-15(8-10-17)13-20-14-16(11-18)12-19-20/h12,14-15H,3-11,13,18H2,1-2H3. The van der Waals surface area contributed by atoms with Gasteiger partial charge in [-0.15, -0.1) is 0 Å². The monoisotopic (exact) mass is 277 g/mol. The van der Waals surface area contributed by atoms with Crippen LogP contribution in [0.1, 0.15) is 70.8 Å². The molecule has 3 heteroatoms. The SMILES string of the molecule is CC1(C)CCCCCCC(Cn2cc(CN)cn2)CC1. The van der Waals surface area contributed by atoms with E-state index in [4.69, 9.17) is 5.73 Å². The maximum Gasteiger partial charge on any atom is 0.0534 e. The molecule has 114 valence electrons. The zero-order valence-corrected chi connectivity index (χ0v) is 13.3. The maximum absolute atomic E-state index is 5.66. The maximum atomic E-state index is 5.66. The number of hydrogen-bond donors (Lipinski definition) is 1. The minimum absolute atomic E-state index is 0.516. The normalized spacial score (nSPS) is 24.4.